The molecule has 0 radical (unpaired) electrons. The topological polar surface area (TPSA) is 29.5 Å². The van der Waals surface area contributed by atoms with Crippen LogP contribution in [0.1, 0.15) is 24.2 Å². The minimum Gasteiger partial charge on any atom is -0.493 e. The number of hydrogen-bond donors (Lipinski definition) is 1. The van der Waals surface area contributed by atoms with E-state index < -0.39 is 6.10 Å². The van der Waals surface area contributed by atoms with E-state index in [1.807, 2.05) is 25.1 Å². The van der Waals surface area contributed by atoms with E-state index in [2.05, 4.69) is 15.9 Å². The van der Waals surface area contributed by atoms with Crippen molar-refractivity contribution in [1.29, 1.82) is 0 Å². The zero-order chi connectivity index (χ0) is 10.1. The maximum Gasteiger partial charge on any atom is 0.122 e. The van der Waals surface area contributed by atoms with Gasteiger partial charge in [0.15, 0.2) is 0 Å². The van der Waals surface area contributed by atoms with Crippen molar-refractivity contribution in [3.63, 3.8) is 0 Å². The zero-order valence-corrected chi connectivity index (χ0v) is 9.62. The fraction of sp³-hybridized carbons (Fsp3) is 0.455. The molecule has 1 aliphatic heterocycles. The summed E-state index contributed by atoms with van der Waals surface area (Å²) >= 11 is 3.38. The van der Waals surface area contributed by atoms with Crippen molar-refractivity contribution in [2.45, 2.75) is 24.3 Å². The Bertz CT molecular complexity index is 336. The molecule has 1 aromatic carbocycles. The molecule has 0 saturated heterocycles. The predicted octanol–water partition coefficient (Wildman–Crippen LogP) is 2.44. The van der Waals surface area contributed by atoms with E-state index in [1.54, 1.807) is 0 Å². The number of fused-ring (bicyclic) bond motifs is 1. The Hall–Kier alpha value is -0.540. The first-order chi connectivity index (χ1) is 6.68. The van der Waals surface area contributed by atoms with Crippen LogP contribution in [0.15, 0.2) is 18.2 Å². The zero-order valence-electron chi connectivity index (χ0n) is 8.03. The smallest absolute Gasteiger partial charge is 0.122 e. The van der Waals surface area contributed by atoms with Gasteiger partial charge in [-0.25, -0.2) is 0 Å². The Morgan fingerprint density at radius 2 is 2.29 bits per heavy atom. The van der Waals surface area contributed by atoms with E-state index in [0.29, 0.717) is 0 Å². The van der Waals surface area contributed by atoms with Crippen molar-refractivity contribution in [1.82, 2.24) is 0 Å². The molecule has 0 fully saturated rings. The third kappa shape index (κ3) is 1.79. The van der Waals surface area contributed by atoms with Crippen molar-refractivity contribution in [3.8, 4) is 5.75 Å². The van der Waals surface area contributed by atoms with Gasteiger partial charge in [0.1, 0.15) is 5.75 Å². The second-order valence-electron chi connectivity index (χ2n) is 3.59. The molecule has 14 heavy (non-hydrogen) atoms. The molecule has 0 bridgehead atoms. The highest BCUT2D eigenvalue weighted by Crippen LogP contribution is 2.30. The summed E-state index contributed by atoms with van der Waals surface area (Å²) in [7, 11) is 0. The van der Waals surface area contributed by atoms with Gasteiger partial charge in [0, 0.05) is 11.2 Å². The van der Waals surface area contributed by atoms with Crippen molar-refractivity contribution < 1.29 is 9.84 Å². The minimum absolute atomic E-state index is 0.0721. The molecule has 0 aliphatic carbocycles. The van der Waals surface area contributed by atoms with E-state index in [0.717, 1.165) is 24.3 Å². The molecule has 2 unspecified atom stereocenters. The summed E-state index contributed by atoms with van der Waals surface area (Å²) in [5.74, 6) is 0.961. The van der Waals surface area contributed by atoms with Gasteiger partial charge in [-0.1, -0.05) is 22.0 Å². The van der Waals surface area contributed by atoms with E-state index in [1.165, 1.54) is 5.56 Å². The Morgan fingerprint density at radius 1 is 1.50 bits per heavy atom. The van der Waals surface area contributed by atoms with Crippen LogP contribution in [0, 0.1) is 0 Å². The molecule has 76 valence electrons. The van der Waals surface area contributed by atoms with Gasteiger partial charge in [-0.2, -0.15) is 0 Å². The van der Waals surface area contributed by atoms with Crippen LogP contribution < -0.4 is 4.74 Å². The van der Waals surface area contributed by atoms with Crippen LogP contribution in [0.3, 0.4) is 0 Å². The van der Waals surface area contributed by atoms with Crippen LogP contribution in [0.5, 0.6) is 5.75 Å². The average Bonchev–Trinajstić information content (AvgIpc) is 2.62. The Labute approximate surface area is 92.0 Å². The molecular formula is C11H13BrO2. The highest BCUT2D eigenvalue weighted by atomic mass is 79.9. The Kier molecular flexibility index (Phi) is 2.79. The fourth-order valence-corrected chi connectivity index (χ4v) is 1.96. The van der Waals surface area contributed by atoms with Crippen molar-refractivity contribution in [3.05, 3.63) is 29.3 Å². The molecule has 3 heteroatoms. The minimum atomic E-state index is -0.444. The number of ether oxygens (including phenoxy) is 1. The number of rotatable bonds is 2. The molecule has 0 amide bonds. The van der Waals surface area contributed by atoms with Crippen molar-refractivity contribution in [2.75, 3.05) is 6.61 Å². The Balaban J connectivity index is 2.28. The third-order valence-corrected chi connectivity index (χ3v) is 2.99. The first-order valence-electron chi connectivity index (χ1n) is 4.76. The van der Waals surface area contributed by atoms with Gasteiger partial charge in [0.05, 0.1) is 12.7 Å². The second-order valence-corrected chi connectivity index (χ2v) is 5.03. The number of alkyl halides is 1. The number of aliphatic hydroxyl groups is 1. The summed E-state index contributed by atoms with van der Waals surface area (Å²) in [4.78, 5) is 0.0721. The molecule has 0 aromatic heterocycles. The summed E-state index contributed by atoms with van der Waals surface area (Å²) in [6, 6.07) is 5.90. The number of halogens is 1. The van der Waals surface area contributed by atoms with Crippen LogP contribution >= 0.6 is 15.9 Å². The lowest BCUT2D eigenvalue weighted by atomic mass is 10.0. The number of hydrogen-bond acceptors (Lipinski definition) is 2. The van der Waals surface area contributed by atoms with E-state index >= 15 is 0 Å². The first-order valence-corrected chi connectivity index (χ1v) is 5.68. The summed E-state index contributed by atoms with van der Waals surface area (Å²) in [6.45, 7) is 2.70. The molecule has 0 saturated carbocycles. The van der Waals surface area contributed by atoms with Gasteiger partial charge in [-0.3, -0.25) is 0 Å². The number of aliphatic hydroxyl groups excluding tert-OH is 1. The van der Waals surface area contributed by atoms with Gasteiger partial charge < -0.3 is 9.84 Å². The predicted molar refractivity (Wildman–Crippen MR) is 59.0 cm³/mol. The monoisotopic (exact) mass is 256 g/mol. The summed E-state index contributed by atoms with van der Waals surface area (Å²) in [5.41, 5.74) is 2.16. The fourth-order valence-electron chi connectivity index (χ4n) is 1.66. The van der Waals surface area contributed by atoms with Crippen LogP contribution in [-0.4, -0.2) is 16.5 Å². The first kappa shape index (κ1) is 9.99. The normalized spacial score (nSPS) is 18.5. The average molecular weight is 257 g/mol. The molecule has 2 nitrogen and oxygen atoms in total. The molecule has 2 atom stereocenters. The molecular weight excluding hydrogens is 244 g/mol. The molecule has 1 aliphatic rings. The maximum absolute atomic E-state index is 9.84. The largest absolute Gasteiger partial charge is 0.493 e. The standard InChI is InChI=1S/C11H13BrO2/c1-7(12)11(13)9-2-3-10-8(6-9)4-5-14-10/h2-3,6-7,11,13H,4-5H2,1H3. The van der Waals surface area contributed by atoms with Gasteiger partial charge in [0.2, 0.25) is 0 Å². The van der Waals surface area contributed by atoms with Crippen LogP contribution in [0.4, 0.5) is 0 Å². The molecule has 0 spiro atoms. The summed E-state index contributed by atoms with van der Waals surface area (Å²) < 4.78 is 5.40. The summed E-state index contributed by atoms with van der Waals surface area (Å²) in [5, 5.41) is 9.84. The van der Waals surface area contributed by atoms with Crippen LogP contribution in [0.2, 0.25) is 0 Å². The quantitative estimate of drug-likeness (QED) is 0.824. The third-order valence-electron chi connectivity index (χ3n) is 2.49. The lowest BCUT2D eigenvalue weighted by Crippen LogP contribution is -2.07. The van der Waals surface area contributed by atoms with E-state index in [-0.39, 0.29) is 4.83 Å². The maximum atomic E-state index is 9.84. The van der Waals surface area contributed by atoms with Crippen LogP contribution in [-0.2, 0) is 6.42 Å². The highest BCUT2D eigenvalue weighted by molar-refractivity contribution is 9.09. The highest BCUT2D eigenvalue weighted by Gasteiger charge is 2.17. The van der Waals surface area contributed by atoms with Gasteiger partial charge in [-0.05, 0) is 30.2 Å². The van der Waals surface area contributed by atoms with E-state index in [4.69, 9.17) is 4.74 Å². The molecule has 2 rings (SSSR count). The van der Waals surface area contributed by atoms with Gasteiger partial charge >= 0.3 is 0 Å². The van der Waals surface area contributed by atoms with Gasteiger partial charge in [-0.15, -0.1) is 0 Å². The Morgan fingerprint density at radius 3 is 3.00 bits per heavy atom. The van der Waals surface area contributed by atoms with Gasteiger partial charge in [0.25, 0.3) is 0 Å². The molecule has 1 aromatic rings. The molecule has 1 N–H and O–H groups in total. The SMILES string of the molecule is CC(Br)C(O)c1ccc2c(c1)CCO2. The number of benzene rings is 1. The molecule has 1 heterocycles. The second kappa shape index (κ2) is 3.91. The van der Waals surface area contributed by atoms with Crippen molar-refractivity contribution in [2.24, 2.45) is 0 Å². The lowest BCUT2D eigenvalue weighted by Gasteiger charge is -2.14. The van der Waals surface area contributed by atoms with Crippen LogP contribution in [0.25, 0.3) is 0 Å². The van der Waals surface area contributed by atoms with Crippen molar-refractivity contribution >= 4 is 15.9 Å². The van der Waals surface area contributed by atoms with E-state index in [9.17, 15) is 5.11 Å². The lowest BCUT2D eigenvalue weighted by molar-refractivity contribution is 0.181. The summed E-state index contributed by atoms with van der Waals surface area (Å²) in [6.07, 6.45) is 0.507.